The van der Waals surface area contributed by atoms with Crippen molar-refractivity contribution in [3.8, 4) is 5.75 Å². The summed E-state index contributed by atoms with van der Waals surface area (Å²) in [7, 11) is 170. The van der Waals surface area contributed by atoms with E-state index in [1.807, 2.05) is 36.0 Å². The van der Waals surface area contributed by atoms with Crippen molar-refractivity contribution in [1.29, 1.82) is 0 Å². The fourth-order valence-electron chi connectivity index (χ4n) is 14.0. The van der Waals surface area contributed by atoms with Gasteiger partial charge in [-0.2, -0.15) is 0 Å². The number of ether oxygens (including phenoxy) is 3. The first-order valence-electron chi connectivity index (χ1n) is 33.5. The number of imidazole rings is 1. The van der Waals surface area contributed by atoms with Crippen LogP contribution < -0.4 is 15.0 Å². The molecule has 1 aromatic heterocycles. The SMILES string of the molecule is CS(=O)(=O)c1ccc(COC(=O)Oc2ccc([N+](=O)[O-])cc2)cc1.Cn1cnc(CN2CCc3ccc(NC(=O)OCc4ccc(S(C)(=O)=O)cc4)cc32)c1.[B]B([B])B([B])B(B(B([B])[B])B([B])[B])B(B(B([B])[B])B([B])[B])B(B(B(B([B])[B])B([B])[B])B(B([B])[B])B([B])[B])B(B(B([B])[B])B([B])[B])B(B([B])[B])B([B])[B]. The number of aromatic nitrogens is 2. The average Bonchev–Trinajstić information content (AvgIpc) is 1.46. The second-order valence-electron chi connectivity index (χ2n) is 26.9. The van der Waals surface area contributed by atoms with Gasteiger partial charge in [-0.3, -0.25) is 15.4 Å². The molecular weight excluding hydrogens is 1320 g/mol. The van der Waals surface area contributed by atoms with Gasteiger partial charge in [0.05, 0.1) is 33.3 Å². The molecular formula is C37H37B52N5O11S2. The van der Waals surface area contributed by atoms with Gasteiger partial charge in [0.25, 0.3) is 5.69 Å². The number of amides is 1. The van der Waals surface area contributed by atoms with Crippen LogP contribution in [0, 0.1) is 10.1 Å². The highest BCUT2D eigenvalue weighted by atomic mass is 32.2. The number of nitro groups is 1. The highest BCUT2D eigenvalue weighted by molar-refractivity contribution is 8.36. The zero-order valence-electron chi connectivity index (χ0n) is 60.0. The van der Waals surface area contributed by atoms with Gasteiger partial charge in [-0.05, 0) is 71.6 Å². The van der Waals surface area contributed by atoms with Gasteiger partial charge in [-0.15, -0.1) is 0 Å². The van der Waals surface area contributed by atoms with Crippen molar-refractivity contribution in [3.05, 3.63) is 136 Å². The van der Waals surface area contributed by atoms with Crippen LogP contribution in [0.25, 0.3) is 0 Å². The standard InChI is InChI=1S/C22H24N4O4S.C15H13NO7S.B52/c1-25-12-19(23-15-25)13-26-10-9-17-5-6-18(11-21(17)26)24-22(27)30-14-16-3-7-20(8-4-16)31(2,28)29;1-24(20,21)14-8-2-11(3-9-14)10-22-15(17)23-13-6-4-12(5-7-13)16(18)19;1-28(2)41(27)48(42(29(3)4)30(5)6)51(47(39(23)24)40(25)26)52(49(43(31(7)8)32(9)10)44(33(11)12)34(13)14)50(45(35(15)16)36(17)18)46(37(19)20)38(21)22/h3-8,11-12,15H,9-10,13-14H2,1-2H3,(H,24,27);2-9H,10H2,1H3;. The lowest BCUT2D eigenvalue weighted by molar-refractivity contribution is -0.384. The molecule has 1 N–H and O–H groups in total. The monoisotopic (exact) mass is 1360 g/mol. The van der Waals surface area contributed by atoms with Crippen LogP contribution in [0.1, 0.15) is 22.4 Å². The Morgan fingerprint density at radius 2 is 0.841 bits per heavy atom. The van der Waals surface area contributed by atoms with Crippen LogP contribution in [0.2, 0.25) is 0 Å². The summed E-state index contributed by atoms with van der Waals surface area (Å²) in [6.45, 7) is 1.57. The molecule has 6 rings (SSSR count). The van der Waals surface area contributed by atoms with Gasteiger partial charge >= 0.3 is 12.2 Å². The van der Waals surface area contributed by atoms with Crippen molar-refractivity contribution < 1.29 is 45.6 Å². The van der Waals surface area contributed by atoms with Crippen molar-refractivity contribution in [2.24, 2.45) is 7.05 Å². The number of aryl methyl sites for hydroxylation is 1. The minimum atomic E-state index is -3.28. The largest absolute Gasteiger partial charge is 0.514 e. The fourth-order valence-corrected chi connectivity index (χ4v) is 15.3. The molecule has 444 valence electrons. The van der Waals surface area contributed by atoms with Gasteiger partial charge in [0.2, 0.25) is 0 Å². The van der Waals surface area contributed by atoms with E-state index in [2.05, 4.69) is 15.2 Å². The number of nitrogens with one attached hydrogen (secondary N) is 1. The van der Waals surface area contributed by atoms with Crippen molar-refractivity contribution >= 4 is 418 Å². The number of benzene rings is 4. The van der Waals surface area contributed by atoms with E-state index < -0.39 is 196 Å². The molecule has 4 aromatic carbocycles. The van der Waals surface area contributed by atoms with E-state index >= 15 is 0 Å². The molecule has 1 amide bonds. The van der Waals surface area contributed by atoms with E-state index in [0.29, 0.717) is 23.4 Å². The smallest absolute Gasteiger partial charge is 0.444 e. The molecule has 0 atom stereocenters. The van der Waals surface area contributed by atoms with Crippen molar-refractivity contribution in [3.63, 3.8) is 0 Å². The molecule has 54 radical (unpaired) electrons. The van der Waals surface area contributed by atoms with Crippen LogP contribution in [0.5, 0.6) is 5.75 Å². The van der Waals surface area contributed by atoms with Crippen LogP contribution in [0.15, 0.2) is 113 Å². The third-order valence-corrected chi connectivity index (χ3v) is 21.0. The molecule has 1 aliphatic heterocycles. The summed E-state index contributed by atoms with van der Waals surface area (Å²) in [4.78, 5) is 40.8. The second kappa shape index (κ2) is 44.1. The summed E-state index contributed by atoms with van der Waals surface area (Å²) in [5, 5.41) is 13.3. The molecule has 0 fully saturated rings. The molecule has 2 heterocycles. The molecule has 0 saturated heterocycles. The number of carbonyl (C=O) groups excluding carboxylic acids is 2. The molecule has 107 heavy (non-hydrogen) atoms. The zero-order valence-corrected chi connectivity index (χ0v) is 61.6. The highest BCUT2D eigenvalue weighted by Gasteiger charge is 2.61. The fraction of sp³-hybridized carbons (Fsp3) is 0.216. The Labute approximate surface area is 681 Å². The number of rotatable bonds is 35. The molecule has 16 nitrogen and oxygen atoms in total. The maximum Gasteiger partial charge on any atom is 0.514 e. The van der Waals surface area contributed by atoms with Gasteiger partial charge in [-0.1, -0.05) is 30.3 Å². The van der Waals surface area contributed by atoms with Crippen LogP contribution in [-0.2, 0) is 62.4 Å². The molecule has 70 heteroatoms. The van der Waals surface area contributed by atoms with Crippen LogP contribution >= 0.6 is 0 Å². The number of hydrogen-bond donors (Lipinski definition) is 1. The number of non-ortho nitro benzene ring substituents is 1. The maximum atomic E-state index is 12.2. The Morgan fingerprint density at radius 3 is 1.18 bits per heavy atom. The van der Waals surface area contributed by atoms with Gasteiger partial charge in [-0.25, -0.2) is 31.4 Å². The minimum absolute atomic E-state index is 0.0482. The second-order valence-corrected chi connectivity index (χ2v) is 30.9. The Kier molecular flexibility index (Phi) is 39.8. The van der Waals surface area contributed by atoms with Gasteiger partial charge in [0.15, 0.2) is 19.7 Å². The lowest BCUT2D eigenvalue weighted by Crippen LogP contribution is -2.95. The van der Waals surface area contributed by atoms with E-state index in [1.54, 1.807) is 18.5 Å². The first-order valence-corrected chi connectivity index (χ1v) is 37.3. The van der Waals surface area contributed by atoms with E-state index in [0.717, 1.165) is 36.9 Å². The normalized spacial score (nSPS) is 11.0. The summed E-state index contributed by atoms with van der Waals surface area (Å²) in [5.41, 5.74) is 5.14. The highest BCUT2D eigenvalue weighted by Crippen LogP contribution is 2.32. The van der Waals surface area contributed by atoms with E-state index in [-0.39, 0.29) is 34.4 Å². The number of nitrogens with zero attached hydrogens (tertiary/aromatic N) is 4. The predicted molar refractivity (Wildman–Crippen MR) is 500 cm³/mol. The summed E-state index contributed by atoms with van der Waals surface area (Å²) in [6.07, 6.45) is -27.6. The Bertz CT molecular complexity index is 3700. The lowest BCUT2D eigenvalue weighted by Gasteiger charge is -2.57. The van der Waals surface area contributed by atoms with E-state index in [4.69, 9.17) is 223 Å². The van der Waals surface area contributed by atoms with Gasteiger partial charge in [0.1, 0.15) is 19.0 Å². The molecule has 1 aliphatic rings. The maximum absolute atomic E-state index is 12.2. The number of hydrogen-bond acceptors (Lipinski definition) is 13. The van der Waals surface area contributed by atoms with E-state index in [1.165, 1.54) is 66.2 Å². The van der Waals surface area contributed by atoms with E-state index in [9.17, 15) is 36.5 Å². The third kappa shape index (κ3) is 28.6. The first kappa shape index (κ1) is 96.5. The summed E-state index contributed by atoms with van der Waals surface area (Å²) in [6, 6.07) is 22.9. The van der Waals surface area contributed by atoms with Crippen LogP contribution in [0.4, 0.5) is 26.7 Å². The number of anilines is 2. The molecule has 0 spiro atoms. The zero-order chi connectivity index (χ0) is 81.2. The Balaban J connectivity index is 0.000000369. The summed E-state index contributed by atoms with van der Waals surface area (Å²) < 4.78 is 62.7. The summed E-state index contributed by atoms with van der Waals surface area (Å²) in [5.74, 6) is 0.109. The quantitative estimate of drug-likeness (QED) is 0.0132. The molecule has 0 bridgehead atoms. The topological polar surface area (TPSA) is 206 Å². The van der Waals surface area contributed by atoms with Crippen molar-refractivity contribution in [2.45, 2.75) is 36.0 Å². The first-order chi connectivity index (χ1) is 49.6. The molecule has 0 aliphatic carbocycles. The van der Waals surface area contributed by atoms with Crippen LogP contribution in [-0.4, -0.2) is 431 Å². The lowest BCUT2D eigenvalue weighted by atomic mass is 8.24. The molecule has 0 unspecified atom stereocenters. The number of nitro benzene ring substituents is 1. The Morgan fingerprint density at radius 1 is 0.486 bits per heavy atom. The van der Waals surface area contributed by atoms with Gasteiger partial charge < -0.3 is 23.7 Å². The molecule has 0 saturated carbocycles. The average molecular weight is 1350 g/mol. The van der Waals surface area contributed by atoms with Crippen LogP contribution in [0.3, 0.4) is 0 Å². The Hall–Kier alpha value is -2.89. The third-order valence-electron chi connectivity index (χ3n) is 18.8. The molecule has 5 aromatic rings. The minimum Gasteiger partial charge on any atom is -0.444 e. The summed E-state index contributed by atoms with van der Waals surface area (Å²) >= 11 is 0. The number of carbonyl (C=O) groups is 2. The van der Waals surface area contributed by atoms with Gasteiger partial charge in [0, 0.05) is 424 Å². The van der Waals surface area contributed by atoms with Crippen molar-refractivity contribution in [2.75, 3.05) is 29.3 Å². The van der Waals surface area contributed by atoms with Crippen molar-refractivity contribution in [1.82, 2.24) is 9.55 Å². The predicted octanol–water partition coefficient (Wildman–Crippen LogP) is -14.0. The number of sulfone groups is 2. The number of fused-ring (bicyclic) bond motifs is 1.